The highest BCUT2D eigenvalue weighted by molar-refractivity contribution is 14.1. The lowest BCUT2D eigenvalue weighted by atomic mass is 9.71. The van der Waals surface area contributed by atoms with Crippen molar-refractivity contribution in [2.45, 2.75) is 30.3 Å². The molecule has 2 aliphatic heterocycles. The van der Waals surface area contributed by atoms with E-state index in [1.54, 1.807) is 12.4 Å². The lowest BCUT2D eigenvalue weighted by Crippen LogP contribution is -2.51. The molecule has 2 aliphatic rings. The number of carbonyl (C=O) groups is 1. The summed E-state index contributed by atoms with van der Waals surface area (Å²) < 4.78 is 0.982. The van der Waals surface area contributed by atoms with Crippen molar-refractivity contribution in [1.82, 2.24) is 9.88 Å². The van der Waals surface area contributed by atoms with Crippen molar-refractivity contribution in [3.05, 3.63) is 39.7 Å². The van der Waals surface area contributed by atoms with E-state index >= 15 is 0 Å². The highest BCUT2D eigenvalue weighted by atomic mass is 127. The zero-order valence-electron chi connectivity index (χ0n) is 10.5. The first-order valence-corrected chi connectivity index (χ1v) is 7.35. The molecule has 5 nitrogen and oxygen atoms in total. The second-order valence-electron chi connectivity index (χ2n) is 5.20. The van der Waals surface area contributed by atoms with Gasteiger partial charge in [-0.3, -0.25) is 9.88 Å². The zero-order chi connectivity index (χ0) is 14.3. The molecule has 0 saturated carbocycles. The summed E-state index contributed by atoms with van der Waals surface area (Å²) in [6.45, 7) is 0. The summed E-state index contributed by atoms with van der Waals surface area (Å²) in [5.74, 6) is 0. The van der Waals surface area contributed by atoms with Crippen LogP contribution < -0.4 is 0 Å². The number of pyridine rings is 1. The van der Waals surface area contributed by atoms with Crippen LogP contribution in [0.4, 0.5) is 4.79 Å². The Morgan fingerprint density at radius 2 is 2.10 bits per heavy atom. The van der Waals surface area contributed by atoms with E-state index in [2.05, 4.69) is 33.6 Å². The predicted octanol–water partition coefficient (Wildman–Crippen LogP) is 2.53. The number of aromatic nitrogens is 1. The van der Waals surface area contributed by atoms with Crippen LogP contribution in [0.25, 0.3) is 0 Å². The molecule has 1 aromatic heterocycles. The smallest absolute Gasteiger partial charge is 0.408 e. The van der Waals surface area contributed by atoms with Crippen molar-refractivity contribution >= 4 is 28.7 Å². The maximum atomic E-state index is 11.3. The number of rotatable bonds is 1. The molecule has 1 fully saturated rings. The van der Waals surface area contributed by atoms with Crippen molar-refractivity contribution in [3.63, 3.8) is 0 Å². The molecular weight excluding hydrogens is 369 g/mol. The Morgan fingerprint density at radius 1 is 1.45 bits per heavy atom. The summed E-state index contributed by atoms with van der Waals surface area (Å²) in [6, 6.07) is 3.95. The monoisotopic (exact) mass is 381 g/mol. The first kappa shape index (κ1) is 13.4. The van der Waals surface area contributed by atoms with Gasteiger partial charge in [0.15, 0.2) is 0 Å². The maximum absolute atomic E-state index is 11.3. The van der Waals surface area contributed by atoms with E-state index in [0.717, 1.165) is 9.13 Å². The van der Waals surface area contributed by atoms with Crippen LogP contribution in [0.1, 0.15) is 18.4 Å². The summed E-state index contributed by atoms with van der Waals surface area (Å²) in [4.78, 5) is 16.9. The Kier molecular flexibility index (Phi) is 3.17. The third-order valence-electron chi connectivity index (χ3n) is 4.08. The molecule has 20 heavy (non-hydrogen) atoms. The Balaban J connectivity index is 1.99. The number of piperidine rings is 1. The molecule has 2 bridgehead atoms. The summed E-state index contributed by atoms with van der Waals surface area (Å²) >= 11 is 2.17. The van der Waals surface area contributed by atoms with Crippen LogP contribution in [0, 0.1) is 14.9 Å². The molecular formula is C14H12IN3O2. The van der Waals surface area contributed by atoms with Gasteiger partial charge in [0.1, 0.15) is 0 Å². The van der Waals surface area contributed by atoms with Gasteiger partial charge in [-0.25, -0.2) is 4.79 Å². The predicted molar refractivity (Wildman–Crippen MR) is 80.1 cm³/mol. The van der Waals surface area contributed by atoms with E-state index in [1.165, 1.54) is 4.90 Å². The van der Waals surface area contributed by atoms with Crippen LogP contribution in [-0.4, -0.2) is 33.2 Å². The summed E-state index contributed by atoms with van der Waals surface area (Å²) in [5, 5.41) is 19.0. The minimum absolute atomic E-state index is 0.219. The first-order valence-electron chi connectivity index (χ1n) is 6.28. The van der Waals surface area contributed by atoms with Gasteiger partial charge in [-0.2, -0.15) is 5.26 Å². The molecule has 3 atom stereocenters. The molecule has 3 rings (SSSR count). The molecule has 1 amide bonds. The largest absolute Gasteiger partial charge is 0.465 e. The quantitative estimate of drug-likeness (QED) is 0.599. The van der Waals surface area contributed by atoms with E-state index in [0.29, 0.717) is 12.8 Å². The van der Waals surface area contributed by atoms with Crippen molar-refractivity contribution in [3.8, 4) is 6.07 Å². The lowest BCUT2D eigenvalue weighted by molar-refractivity contribution is 0.0935. The van der Waals surface area contributed by atoms with Gasteiger partial charge in [0, 0.05) is 16.0 Å². The molecule has 1 aromatic rings. The highest BCUT2D eigenvalue weighted by Gasteiger charge is 2.49. The second kappa shape index (κ2) is 4.74. The normalized spacial score (nSPS) is 31.1. The SMILES string of the molecule is N#CC1(c2cncc(I)c2)C[C@H]2C=C[C@@H](C1)N2C(=O)O. The standard InChI is InChI=1S/C14H12IN3O2/c15-10-3-9(6-17-7-10)14(8-16)4-11-1-2-12(5-14)18(11)13(19)20/h1-3,6-7,11-12H,4-5H2,(H,19,20)/t11-,12+,14?. The molecule has 1 saturated heterocycles. The van der Waals surface area contributed by atoms with E-state index in [9.17, 15) is 15.2 Å². The molecule has 6 heteroatoms. The first-order chi connectivity index (χ1) is 9.55. The summed E-state index contributed by atoms with van der Waals surface area (Å²) in [6.07, 6.45) is 7.33. The number of fused-ring (bicyclic) bond motifs is 2. The number of hydrogen-bond acceptors (Lipinski definition) is 3. The van der Waals surface area contributed by atoms with E-state index < -0.39 is 11.5 Å². The molecule has 0 aliphatic carbocycles. The van der Waals surface area contributed by atoms with Gasteiger partial charge in [0.05, 0.1) is 23.6 Å². The van der Waals surface area contributed by atoms with E-state index in [-0.39, 0.29) is 12.1 Å². The third-order valence-corrected chi connectivity index (χ3v) is 4.67. The fourth-order valence-electron chi connectivity index (χ4n) is 3.17. The minimum Gasteiger partial charge on any atom is -0.465 e. The zero-order valence-corrected chi connectivity index (χ0v) is 12.7. The van der Waals surface area contributed by atoms with Crippen LogP contribution in [0.3, 0.4) is 0 Å². The number of nitrogens with zero attached hydrogens (tertiary/aromatic N) is 3. The fraction of sp³-hybridized carbons (Fsp3) is 0.357. The molecule has 0 aromatic carbocycles. The number of hydrogen-bond donors (Lipinski definition) is 1. The lowest BCUT2D eigenvalue weighted by Gasteiger charge is -2.42. The van der Waals surface area contributed by atoms with Crippen LogP contribution in [-0.2, 0) is 5.41 Å². The molecule has 0 radical (unpaired) electrons. The number of amides is 1. The van der Waals surface area contributed by atoms with Gasteiger partial charge in [-0.1, -0.05) is 12.2 Å². The van der Waals surface area contributed by atoms with E-state index in [1.807, 2.05) is 18.2 Å². The molecule has 0 spiro atoms. The fourth-order valence-corrected chi connectivity index (χ4v) is 3.66. The average molecular weight is 381 g/mol. The topological polar surface area (TPSA) is 77.2 Å². The van der Waals surface area contributed by atoms with Crippen LogP contribution in [0.15, 0.2) is 30.6 Å². The maximum Gasteiger partial charge on any atom is 0.408 e. The number of carboxylic acid groups (broad SMARTS) is 1. The minimum atomic E-state index is -0.919. The van der Waals surface area contributed by atoms with Crippen LogP contribution in [0.2, 0.25) is 0 Å². The molecule has 102 valence electrons. The van der Waals surface area contributed by atoms with Gasteiger partial charge in [-0.05, 0) is 47.1 Å². The van der Waals surface area contributed by atoms with Gasteiger partial charge in [0.25, 0.3) is 0 Å². The van der Waals surface area contributed by atoms with Gasteiger partial charge >= 0.3 is 6.09 Å². The Hall–Kier alpha value is -1.62. The second-order valence-corrected chi connectivity index (χ2v) is 6.45. The molecule has 1 unspecified atom stereocenters. The van der Waals surface area contributed by atoms with Crippen LogP contribution in [0.5, 0.6) is 0 Å². The Labute approximate surface area is 130 Å². The van der Waals surface area contributed by atoms with Crippen molar-refractivity contribution in [2.75, 3.05) is 0 Å². The highest BCUT2D eigenvalue weighted by Crippen LogP contribution is 2.44. The van der Waals surface area contributed by atoms with Crippen molar-refractivity contribution < 1.29 is 9.90 Å². The molecule has 3 heterocycles. The van der Waals surface area contributed by atoms with Crippen molar-refractivity contribution in [1.29, 1.82) is 5.26 Å². The van der Waals surface area contributed by atoms with Gasteiger partial charge < -0.3 is 5.11 Å². The summed E-state index contributed by atoms with van der Waals surface area (Å²) in [5.41, 5.74) is 0.231. The molecule has 1 N–H and O–H groups in total. The van der Waals surface area contributed by atoms with Gasteiger partial charge in [-0.15, -0.1) is 0 Å². The van der Waals surface area contributed by atoms with E-state index in [4.69, 9.17) is 0 Å². The third kappa shape index (κ3) is 1.97. The summed E-state index contributed by atoms with van der Waals surface area (Å²) in [7, 11) is 0. The Bertz CT molecular complexity index is 622. The average Bonchev–Trinajstić information content (AvgIpc) is 2.71. The Morgan fingerprint density at radius 3 is 2.60 bits per heavy atom. The van der Waals surface area contributed by atoms with Crippen molar-refractivity contribution in [2.24, 2.45) is 0 Å². The number of halogens is 1. The van der Waals surface area contributed by atoms with Crippen LogP contribution >= 0.6 is 22.6 Å². The van der Waals surface area contributed by atoms with Gasteiger partial charge in [0.2, 0.25) is 0 Å². The number of nitriles is 1.